The molecule has 1 heterocycles. The molecule has 0 saturated carbocycles. The summed E-state index contributed by atoms with van der Waals surface area (Å²) in [5.41, 5.74) is 0. The Morgan fingerprint density at radius 3 is 3.00 bits per heavy atom. The van der Waals surface area contributed by atoms with Crippen molar-refractivity contribution < 1.29 is 4.74 Å². The van der Waals surface area contributed by atoms with Gasteiger partial charge in [0.2, 0.25) is 0 Å². The summed E-state index contributed by atoms with van der Waals surface area (Å²) in [5.74, 6) is 0.872. The Kier molecular flexibility index (Phi) is 4.90. The van der Waals surface area contributed by atoms with Crippen LogP contribution >= 0.6 is 15.9 Å². The third-order valence-corrected chi connectivity index (χ3v) is 2.29. The maximum atomic E-state index is 5.49. The molecule has 0 aromatic carbocycles. The van der Waals surface area contributed by atoms with Crippen LogP contribution in [0.2, 0.25) is 0 Å². The number of alkyl halides is 1. The molecule has 0 spiro atoms. The summed E-state index contributed by atoms with van der Waals surface area (Å²) in [4.78, 5) is 0. The molecular weight excluding hydrogens is 232 g/mol. The number of hydrogen-bond acceptors (Lipinski definition) is 2. The van der Waals surface area contributed by atoms with Crippen LogP contribution in [0.4, 0.5) is 0 Å². The highest BCUT2D eigenvalue weighted by Gasteiger charge is 1.96. The van der Waals surface area contributed by atoms with Crippen LogP contribution in [-0.4, -0.2) is 21.7 Å². The van der Waals surface area contributed by atoms with E-state index in [0.29, 0.717) is 0 Å². The van der Waals surface area contributed by atoms with Crippen molar-refractivity contribution in [2.45, 2.75) is 26.3 Å². The van der Waals surface area contributed by atoms with Crippen LogP contribution in [-0.2, 0) is 6.54 Å². The number of ether oxygens (including phenoxy) is 1. The van der Waals surface area contributed by atoms with E-state index >= 15 is 0 Å². The number of aryl methyl sites for hydroxylation is 1. The summed E-state index contributed by atoms with van der Waals surface area (Å²) in [6, 6.07) is 0. The second kappa shape index (κ2) is 6.02. The Hall–Kier alpha value is -0.510. The van der Waals surface area contributed by atoms with Crippen LogP contribution in [0.3, 0.4) is 0 Å². The van der Waals surface area contributed by atoms with E-state index in [0.717, 1.165) is 37.1 Å². The molecule has 0 unspecified atom stereocenters. The topological polar surface area (TPSA) is 27.1 Å². The highest BCUT2D eigenvalue weighted by molar-refractivity contribution is 9.09. The first-order valence-electron chi connectivity index (χ1n) is 4.58. The molecular formula is C9H15BrN2O. The lowest BCUT2D eigenvalue weighted by atomic mass is 10.4. The number of aromatic nitrogens is 2. The van der Waals surface area contributed by atoms with Gasteiger partial charge in [0.05, 0.1) is 19.0 Å². The van der Waals surface area contributed by atoms with Crippen molar-refractivity contribution in [1.29, 1.82) is 0 Å². The van der Waals surface area contributed by atoms with Crippen molar-refractivity contribution in [2.24, 2.45) is 0 Å². The standard InChI is InChI=1S/C9H15BrN2O/c1-2-12-8-9(7-11-12)13-6-4-3-5-10/h7-8H,2-6H2,1H3. The lowest BCUT2D eigenvalue weighted by Gasteiger charge is -2.00. The fraction of sp³-hybridized carbons (Fsp3) is 0.667. The van der Waals surface area contributed by atoms with Gasteiger partial charge in [0.15, 0.2) is 5.75 Å². The van der Waals surface area contributed by atoms with Crippen LogP contribution < -0.4 is 4.74 Å². The maximum absolute atomic E-state index is 5.49. The number of halogens is 1. The molecule has 1 aromatic rings. The first kappa shape index (κ1) is 10.6. The molecule has 0 bridgehead atoms. The Labute approximate surface area is 87.2 Å². The molecule has 0 amide bonds. The largest absolute Gasteiger partial charge is 0.490 e. The molecule has 1 rings (SSSR count). The Balaban J connectivity index is 2.20. The molecule has 1 aromatic heterocycles. The first-order valence-corrected chi connectivity index (χ1v) is 5.70. The van der Waals surface area contributed by atoms with Gasteiger partial charge in [0, 0.05) is 11.9 Å². The van der Waals surface area contributed by atoms with Gasteiger partial charge in [-0.05, 0) is 19.8 Å². The summed E-state index contributed by atoms with van der Waals surface area (Å²) >= 11 is 3.38. The number of hydrogen-bond donors (Lipinski definition) is 0. The van der Waals surface area contributed by atoms with Crippen LogP contribution in [0.1, 0.15) is 19.8 Å². The van der Waals surface area contributed by atoms with Gasteiger partial charge in [-0.3, -0.25) is 4.68 Å². The van der Waals surface area contributed by atoms with E-state index < -0.39 is 0 Å². The zero-order valence-electron chi connectivity index (χ0n) is 7.87. The SMILES string of the molecule is CCn1cc(OCCCCBr)cn1. The van der Waals surface area contributed by atoms with Gasteiger partial charge in [0.1, 0.15) is 0 Å². The van der Waals surface area contributed by atoms with Crippen LogP contribution in [0.25, 0.3) is 0 Å². The van der Waals surface area contributed by atoms with Crippen LogP contribution in [0, 0.1) is 0 Å². The van der Waals surface area contributed by atoms with E-state index in [1.807, 2.05) is 10.9 Å². The first-order chi connectivity index (χ1) is 6.36. The van der Waals surface area contributed by atoms with Crippen molar-refractivity contribution in [3.05, 3.63) is 12.4 Å². The van der Waals surface area contributed by atoms with E-state index in [-0.39, 0.29) is 0 Å². The number of rotatable bonds is 6. The second-order valence-corrected chi connectivity index (χ2v) is 3.57. The van der Waals surface area contributed by atoms with E-state index in [9.17, 15) is 0 Å². The molecule has 0 N–H and O–H groups in total. The third kappa shape index (κ3) is 3.81. The molecule has 0 atom stereocenters. The van der Waals surface area contributed by atoms with E-state index in [1.165, 1.54) is 0 Å². The third-order valence-electron chi connectivity index (χ3n) is 1.73. The molecule has 0 aliphatic heterocycles. The average Bonchev–Trinajstić information content (AvgIpc) is 2.60. The number of unbranched alkanes of at least 4 members (excludes halogenated alkanes) is 1. The van der Waals surface area contributed by atoms with Gasteiger partial charge in [-0.15, -0.1) is 0 Å². The Bertz CT molecular complexity index is 237. The highest BCUT2D eigenvalue weighted by atomic mass is 79.9. The fourth-order valence-corrected chi connectivity index (χ4v) is 1.38. The predicted molar refractivity (Wildman–Crippen MR) is 56.4 cm³/mol. The zero-order valence-corrected chi connectivity index (χ0v) is 9.46. The van der Waals surface area contributed by atoms with E-state index in [1.54, 1.807) is 6.20 Å². The van der Waals surface area contributed by atoms with Crippen LogP contribution in [0.15, 0.2) is 12.4 Å². The summed E-state index contributed by atoms with van der Waals surface area (Å²) in [6.45, 7) is 3.73. The summed E-state index contributed by atoms with van der Waals surface area (Å²) in [6.07, 6.45) is 5.93. The molecule has 13 heavy (non-hydrogen) atoms. The lowest BCUT2D eigenvalue weighted by Crippen LogP contribution is -1.96. The van der Waals surface area contributed by atoms with E-state index in [4.69, 9.17) is 4.74 Å². The van der Waals surface area contributed by atoms with Gasteiger partial charge in [-0.2, -0.15) is 5.10 Å². The summed E-state index contributed by atoms with van der Waals surface area (Å²) in [5, 5.41) is 5.16. The van der Waals surface area contributed by atoms with Gasteiger partial charge >= 0.3 is 0 Å². The lowest BCUT2D eigenvalue weighted by molar-refractivity contribution is 0.309. The maximum Gasteiger partial charge on any atom is 0.157 e. The quantitative estimate of drug-likeness (QED) is 0.570. The zero-order chi connectivity index (χ0) is 9.52. The molecule has 0 saturated heterocycles. The van der Waals surface area contributed by atoms with Crippen molar-refractivity contribution in [2.75, 3.05) is 11.9 Å². The van der Waals surface area contributed by atoms with Crippen molar-refractivity contribution in [3.8, 4) is 5.75 Å². The summed E-state index contributed by atoms with van der Waals surface area (Å²) < 4.78 is 7.35. The molecule has 0 aliphatic rings. The Morgan fingerprint density at radius 1 is 1.54 bits per heavy atom. The van der Waals surface area contributed by atoms with Crippen molar-refractivity contribution in [3.63, 3.8) is 0 Å². The molecule has 0 radical (unpaired) electrons. The highest BCUT2D eigenvalue weighted by Crippen LogP contribution is 2.08. The minimum Gasteiger partial charge on any atom is -0.490 e. The second-order valence-electron chi connectivity index (χ2n) is 2.78. The smallest absolute Gasteiger partial charge is 0.157 e. The Morgan fingerprint density at radius 2 is 2.38 bits per heavy atom. The molecule has 74 valence electrons. The number of nitrogens with zero attached hydrogens (tertiary/aromatic N) is 2. The van der Waals surface area contributed by atoms with Gasteiger partial charge in [0.25, 0.3) is 0 Å². The normalized spacial score (nSPS) is 10.3. The molecule has 4 heteroatoms. The summed E-state index contributed by atoms with van der Waals surface area (Å²) in [7, 11) is 0. The predicted octanol–water partition coefficient (Wildman–Crippen LogP) is 2.46. The van der Waals surface area contributed by atoms with Crippen LogP contribution in [0.5, 0.6) is 5.75 Å². The minimum absolute atomic E-state index is 0.779. The fourth-order valence-electron chi connectivity index (χ4n) is 0.979. The van der Waals surface area contributed by atoms with Gasteiger partial charge in [-0.25, -0.2) is 0 Å². The van der Waals surface area contributed by atoms with Gasteiger partial charge < -0.3 is 4.74 Å². The monoisotopic (exact) mass is 246 g/mol. The van der Waals surface area contributed by atoms with Crippen molar-refractivity contribution >= 4 is 15.9 Å². The van der Waals surface area contributed by atoms with Gasteiger partial charge in [-0.1, -0.05) is 15.9 Å². The molecule has 3 nitrogen and oxygen atoms in total. The molecule has 0 fully saturated rings. The minimum atomic E-state index is 0.779. The average molecular weight is 247 g/mol. The van der Waals surface area contributed by atoms with Crippen molar-refractivity contribution in [1.82, 2.24) is 9.78 Å². The van der Waals surface area contributed by atoms with E-state index in [2.05, 4.69) is 28.0 Å². The molecule has 0 aliphatic carbocycles.